The van der Waals surface area contributed by atoms with E-state index in [1.807, 2.05) is 41.0 Å². The van der Waals surface area contributed by atoms with Gasteiger partial charge in [0.1, 0.15) is 12.2 Å². The lowest BCUT2D eigenvalue weighted by atomic mass is 10.1. The molecule has 1 heterocycles. The lowest BCUT2D eigenvalue weighted by Gasteiger charge is -2.06. The van der Waals surface area contributed by atoms with E-state index >= 15 is 0 Å². The number of benzene rings is 2. The smallest absolute Gasteiger partial charge is 0.141 e. The predicted octanol–water partition coefficient (Wildman–Crippen LogP) is 2.97. The third-order valence-electron chi connectivity index (χ3n) is 2.86. The molecule has 0 saturated carbocycles. The van der Waals surface area contributed by atoms with Crippen molar-refractivity contribution >= 4 is 13.5 Å². The van der Waals surface area contributed by atoms with Crippen molar-refractivity contribution in [2.24, 2.45) is 0 Å². The first-order chi connectivity index (χ1) is 8.93. The van der Waals surface area contributed by atoms with Crippen molar-refractivity contribution in [1.82, 2.24) is 14.8 Å². The van der Waals surface area contributed by atoms with E-state index in [-0.39, 0.29) is 13.5 Å². The maximum absolute atomic E-state index is 4.20. The minimum Gasteiger partial charge on any atom is -0.285 e. The zero-order valence-electron chi connectivity index (χ0n) is 10.4. The van der Waals surface area contributed by atoms with Crippen LogP contribution in [0, 0.1) is 0 Å². The van der Waals surface area contributed by atoms with Gasteiger partial charge in [0.15, 0.2) is 0 Å². The van der Waals surface area contributed by atoms with Crippen LogP contribution in [0.5, 0.6) is 0 Å². The minimum atomic E-state index is 0. The van der Waals surface area contributed by atoms with Gasteiger partial charge in [-0.15, -0.1) is 10.2 Å². The van der Waals surface area contributed by atoms with E-state index < -0.39 is 0 Å². The van der Waals surface area contributed by atoms with Crippen molar-refractivity contribution in [2.75, 3.05) is 0 Å². The van der Waals surface area contributed by atoms with Gasteiger partial charge in [-0.2, -0.15) is 13.5 Å². The molecule has 96 valence electrons. The molecule has 4 heteroatoms. The van der Waals surface area contributed by atoms with Crippen LogP contribution in [0.4, 0.5) is 0 Å². The molecule has 0 unspecified atom stereocenters. The molecule has 3 rings (SSSR count). The molecule has 19 heavy (non-hydrogen) atoms. The standard InChI is InChI=1S/C15H13N3.H2S/c1-3-7-13(8-4-1)11-15-17-16-12-18(15)14-9-5-2-6-10-14;/h1-10,12H,11H2;1H2. The molecular weight excluding hydrogens is 254 g/mol. The Morgan fingerprint density at radius 1 is 0.842 bits per heavy atom. The van der Waals surface area contributed by atoms with E-state index in [1.165, 1.54) is 5.56 Å². The Kier molecular flexibility index (Phi) is 4.36. The normalized spacial score (nSPS) is 9.89. The molecule has 0 spiro atoms. The molecule has 0 bridgehead atoms. The van der Waals surface area contributed by atoms with Crippen LogP contribution in [0.1, 0.15) is 11.4 Å². The molecule has 0 saturated heterocycles. The lowest BCUT2D eigenvalue weighted by molar-refractivity contribution is 0.906. The molecule has 0 amide bonds. The highest BCUT2D eigenvalue weighted by Crippen LogP contribution is 2.12. The molecule has 0 aliphatic carbocycles. The summed E-state index contributed by atoms with van der Waals surface area (Å²) >= 11 is 0. The molecule has 3 nitrogen and oxygen atoms in total. The van der Waals surface area contributed by atoms with E-state index in [4.69, 9.17) is 0 Å². The molecule has 0 N–H and O–H groups in total. The number of rotatable bonds is 3. The van der Waals surface area contributed by atoms with Gasteiger partial charge in [-0.1, -0.05) is 48.5 Å². The summed E-state index contributed by atoms with van der Waals surface area (Å²) in [6, 6.07) is 20.4. The first-order valence-corrected chi connectivity index (χ1v) is 5.92. The molecule has 1 aromatic heterocycles. The average Bonchev–Trinajstić information content (AvgIpc) is 2.89. The average molecular weight is 269 g/mol. The molecular formula is C15H15N3S. The second-order valence-corrected chi connectivity index (χ2v) is 4.12. The van der Waals surface area contributed by atoms with Gasteiger partial charge in [-0.05, 0) is 17.7 Å². The van der Waals surface area contributed by atoms with Crippen LogP contribution in [0.15, 0.2) is 67.0 Å². The van der Waals surface area contributed by atoms with E-state index in [2.05, 4.69) is 34.5 Å². The van der Waals surface area contributed by atoms with Gasteiger partial charge >= 0.3 is 0 Å². The van der Waals surface area contributed by atoms with Crippen LogP contribution >= 0.6 is 13.5 Å². The van der Waals surface area contributed by atoms with Crippen LogP contribution in [-0.2, 0) is 6.42 Å². The lowest BCUT2D eigenvalue weighted by Crippen LogP contribution is -2.01. The highest BCUT2D eigenvalue weighted by Gasteiger charge is 2.06. The van der Waals surface area contributed by atoms with E-state index in [9.17, 15) is 0 Å². The summed E-state index contributed by atoms with van der Waals surface area (Å²) in [5.41, 5.74) is 2.33. The Morgan fingerprint density at radius 3 is 2.16 bits per heavy atom. The summed E-state index contributed by atoms with van der Waals surface area (Å²) in [5.74, 6) is 0.951. The highest BCUT2D eigenvalue weighted by molar-refractivity contribution is 7.59. The van der Waals surface area contributed by atoms with Crippen LogP contribution in [0.2, 0.25) is 0 Å². The third-order valence-corrected chi connectivity index (χ3v) is 2.86. The van der Waals surface area contributed by atoms with E-state index in [0.29, 0.717) is 0 Å². The fourth-order valence-corrected chi connectivity index (χ4v) is 1.96. The third kappa shape index (κ3) is 3.03. The first kappa shape index (κ1) is 13.4. The Labute approximate surface area is 119 Å². The van der Waals surface area contributed by atoms with Gasteiger partial charge in [0.2, 0.25) is 0 Å². The fraction of sp³-hybridized carbons (Fsp3) is 0.0667. The van der Waals surface area contributed by atoms with Crippen molar-refractivity contribution in [1.29, 1.82) is 0 Å². The zero-order chi connectivity index (χ0) is 12.2. The Balaban J connectivity index is 0.00000133. The van der Waals surface area contributed by atoms with E-state index in [1.54, 1.807) is 6.33 Å². The van der Waals surface area contributed by atoms with Crippen molar-refractivity contribution in [3.05, 3.63) is 78.4 Å². The summed E-state index contributed by atoms with van der Waals surface area (Å²) in [6.45, 7) is 0. The SMILES string of the molecule is S.c1ccc(Cc2nncn2-c2ccccc2)cc1. The number of hydrogen-bond acceptors (Lipinski definition) is 2. The van der Waals surface area contributed by atoms with Crippen molar-refractivity contribution in [3.63, 3.8) is 0 Å². The van der Waals surface area contributed by atoms with Gasteiger partial charge in [0.25, 0.3) is 0 Å². The molecule has 3 aromatic rings. The highest BCUT2D eigenvalue weighted by atomic mass is 32.1. The number of para-hydroxylation sites is 1. The van der Waals surface area contributed by atoms with Crippen LogP contribution in [0.3, 0.4) is 0 Å². The van der Waals surface area contributed by atoms with Gasteiger partial charge in [0.05, 0.1) is 0 Å². The van der Waals surface area contributed by atoms with E-state index in [0.717, 1.165) is 17.9 Å². The zero-order valence-corrected chi connectivity index (χ0v) is 11.4. The monoisotopic (exact) mass is 269 g/mol. The van der Waals surface area contributed by atoms with Crippen LogP contribution in [0.25, 0.3) is 5.69 Å². The number of hydrogen-bond donors (Lipinski definition) is 0. The van der Waals surface area contributed by atoms with Gasteiger partial charge in [-0.3, -0.25) is 4.57 Å². The number of aromatic nitrogens is 3. The Morgan fingerprint density at radius 2 is 1.47 bits per heavy atom. The topological polar surface area (TPSA) is 30.7 Å². The molecule has 0 aliphatic heterocycles. The molecule has 0 fully saturated rings. The summed E-state index contributed by atoms with van der Waals surface area (Å²) in [4.78, 5) is 0. The second-order valence-electron chi connectivity index (χ2n) is 4.12. The maximum atomic E-state index is 4.20. The van der Waals surface area contributed by atoms with Gasteiger partial charge in [0, 0.05) is 12.1 Å². The maximum Gasteiger partial charge on any atom is 0.141 e. The summed E-state index contributed by atoms with van der Waals surface area (Å²) in [7, 11) is 0. The quantitative estimate of drug-likeness (QED) is 0.732. The largest absolute Gasteiger partial charge is 0.285 e. The van der Waals surface area contributed by atoms with Gasteiger partial charge in [-0.25, -0.2) is 0 Å². The fourth-order valence-electron chi connectivity index (χ4n) is 1.96. The summed E-state index contributed by atoms with van der Waals surface area (Å²) in [5, 5.41) is 8.21. The van der Waals surface area contributed by atoms with Crippen LogP contribution < -0.4 is 0 Å². The first-order valence-electron chi connectivity index (χ1n) is 5.92. The molecule has 0 radical (unpaired) electrons. The molecule has 2 aromatic carbocycles. The Hall–Kier alpha value is -2.07. The second kappa shape index (κ2) is 6.20. The van der Waals surface area contributed by atoms with Gasteiger partial charge < -0.3 is 0 Å². The van der Waals surface area contributed by atoms with Crippen molar-refractivity contribution in [3.8, 4) is 5.69 Å². The summed E-state index contributed by atoms with van der Waals surface area (Å²) in [6.07, 6.45) is 2.54. The molecule has 0 atom stereocenters. The predicted molar refractivity (Wildman–Crippen MR) is 81.0 cm³/mol. The summed E-state index contributed by atoms with van der Waals surface area (Å²) < 4.78 is 2.02. The van der Waals surface area contributed by atoms with Crippen LogP contribution in [-0.4, -0.2) is 14.8 Å². The molecule has 0 aliphatic rings. The van der Waals surface area contributed by atoms with Crippen molar-refractivity contribution < 1.29 is 0 Å². The minimum absolute atomic E-state index is 0. The van der Waals surface area contributed by atoms with Crippen molar-refractivity contribution in [2.45, 2.75) is 6.42 Å². The Bertz CT molecular complexity index is 620. The number of nitrogens with zero attached hydrogens (tertiary/aromatic N) is 3.